The predicted molar refractivity (Wildman–Crippen MR) is 68.8 cm³/mol. The molecule has 1 atom stereocenters. The molecule has 3 nitrogen and oxygen atoms in total. The molecule has 0 saturated carbocycles. The van der Waals surface area contributed by atoms with Crippen molar-refractivity contribution in [3.63, 3.8) is 0 Å². The van der Waals surface area contributed by atoms with Crippen molar-refractivity contribution in [1.82, 2.24) is 5.32 Å². The van der Waals surface area contributed by atoms with E-state index in [0.717, 1.165) is 25.4 Å². The van der Waals surface area contributed by atoms with E-state index in [1.807, 2.05) is 0 Å². The second-order valence-electron chi connectivity index (χ2n) is 4.50. The number of hydrogen-bond donors (Lipinski definition) is 1. The van der Waals surface area contributed by atoms with Gasteiger partial charge in [-0.2, -0.15) is 0 Å². The van der Waals surface area contributed by atoms with Crippen LogP contribution in [0.5, 0.6) is 5.75 Å². The van der Waals surface area contributed by atoms with Gasteiger partial charge in [0.1, 0.15) is 5.75 Å². The Labute approximate surface area is 103 Å². The van der Waals surface area contributed by atoms with Crippen LogP contribution in [-0.2, 0) is 11.2 Å². The molecule has 1 aliphatic carbocycles. The maximum atomic E-state index is 5.29. The topological polar surface area (TPSA) is 30.5 Å². The highest BCUT2D eigenvalue weighted by atomic mass is 16.5. The summed E-state index contributed by atoms with van der Waals surface area (Å²) < 4.78 is 10.3. The van der Waals surface area contributed by atoms with Gasteiger partial charge in [0, 0.05) is 20.2 Å². The van der Waals surface area contributed by atoms with E-state index in [4.69, 9.17) is 9.47 Å². The van der Waals surface area contributed by atoms with Crippen molar-refractivity contribution in [2.24, 2.45) is 0 Å². The summed E-state index contributed by atoms with van der Waals surface area (Å²) in [5.41, 5.74) is 2.93. The third-order valence-corrected chi connectivity index (χ3v) is 3.43. The average Bonchev–Trinajstić information content (AvgIpc) is 2.77. The van der Waals surface area contributed by atoms with Gasteiger partial charge in [0.05, 0.1) is 13.7 Å². The maximum absolute atomic E-state index is 5.29. The van der Waals surface area contributed by atoms with Crippen LogP contribution in [-0.4, -0.2) is 33.9 Å². The number of benzene rings is 1. The highest BCUT2D eigenvalue weighted by molar-refractivity contribution is 5.41. The number of aryl methyl sites for hydroxylation is 1. The Balaban J connectivity index is 1.95. The molecule has 0 amide bonds. The zero-order chi connectivity index (χ0) is 12.1. The van der Waals surface area contributed by atoms with Crippen molar-refractivity contribution in [1.29, 1.82) is 0 Å². The molecule has 0 bridgehead atoms. The number of nitrogens with one attached hydrogen (secondary N) is 1. The van der Waals surface area contributed by atoms with Crippen LogP contribution in [0.1, 0.15) is 23.5 Å². The zero-order valence-electron chi connectivity index (χ0n) is 10.7. The second kappa shape index (κ2) is 6.03. The number of fused-ring (bicyclic) bond motifs is 1. The van der Waals surface area contributed by atoms with Crippen molar-refractivity contribution < 1.29 is 9.47 Å². The number of ether oxygens (including phenoxy) is 2. The van der Waals surface area contributed by atoms with Crippen LogP contribution >= 0.6 is 0 Å². The van der Waals surface area contributed by atoms with Crippen molar-refractivity contribution in [3.05, 3.63) is 29.3 Å². The molecule has 17 heavy (non-hydrogen) atoms. The van der Waals surface area contributed by atoms with E-state index >= 15 is 0 Å². The number of methoxy groups -OCH3 is 2. The summed E-state index contributed by atoms with van der Waals surface area (Å²) in [5, 5.41) is 3.44. The fourth-order valence-corrected chi connectivity index (χ4v) is 2.46. The minimum atomic E-state index is 0.622. The Morgan fingerprint density at radius 1 is 1.35 bits per heavy atom. The van der Waals surface area contributed by atoms with Gasteiger partial charge in [0.15, 0.2) is 0 Å². The van der Waals surface area contributed by atoms with Gasteiger partial charge < -0.3 is 14.8 Å². The molecular formula is C14H21NO2. The molecule has 0 fully saturated rings. The van der Waals surface area contributed by atoms with Crippen LogP contribution in [0.25, 0.3) is 0 Å². The third-order valence-electron chi connectivity index (χ3n) is 3.43. The van der Waals surface area contributed by atoms with Crippen LogP contribution in [0.3, 0.4) is 0 Å². The first-order valence-electron chi connectivity index (χ1n) is 6.21. The average molecular weight is 235 g/mol. The second-order valence-corrected chi connectivity index (χ2v) is 4.50. The number of hydrogen-bond acceptors (Lipinski definition) is 3. The Kier molecular flexibility index (Phi) is 4.40. The molecule has 0 radical (unpaired) electrons. The summed E-state index contributed by atoms with van der Waals surface area (Å²) in [7, 11) is 3.46. The molecule has 0 aliphatic heterocycles. The molecular weight excluding hydrogens is 214 g/mol. The third kappa shape index (κ3) is 2.99. The molecule has 2 rings (SSSR count). The highest BCUT2D eigenvalue weighted by Gasteiger charge is 2.22. The molecule has 1 aliphatic rings. The molecule has 0 aromatic heterocycles. The lowest BCUT2D eigenvalue weighted by atomic mass is 10.0. The van der Waals surface area contributed by atoms with Gasteiger partial charge in [0.25, 0.3) is 0 Å². The van der Waals surface area contributed by atoms with Gasteiger partial charge >= 0.3 is 0 Å². The minimum Gasteiger partial charge on any atom is -0.497 e. The quantitative estimate of drug-likeness (QED) is 0.765. The lowest BCUT2D eigenvalue weighted by Crippen LogP contribution is -2.24. The molecule has 1 unspecified atom stereocenters. The van der Waals surface area contributed by atoms with Gasteiger partial charge in [-0.25, -0.2) is 0 Å². The molecule has 0 spiro atoms. The molecule has 94 valence electrons. The van der Waals surface area contributed by atoms with Gasteiger partial charge in [0.2, 0.25) is 0 Å². The van der Waals surface area contributed by atoms with E-state index in [9.17, 15) is 0 Å². The standard InChI is InChI=1S/C14H21NO2/c1-16-8-7-15-10-12-4-3-11-5-6-13(17-2)9-14(11)12/h5-6,9,12,15H,3-4,7-8,10H2,1-2H3. The largest absolute Gasteiger partial charge is 0.497 e. The van der Waals surface area contributed by atoms with Gasteiger partial charge in [-0.05, 0) is 42.0 Å². The van der Waals surface area contributed by atoms with Crippen LogP contribution in [0, 0.1) is 0 Å². The predicted octanol–water partition coefficient (Wildman–Crippen LogP) is 1.96. The minimum absolute atomic E-state index is 0.622. The lowest BCUT2D eigenvalue weighted by Gasteiger charge is -2.13. The zero-order valence-corrected chi connectivity index (χ0v) is 10.7. The van der Waals surface area contributed by atoms with E-state index < -0.39 is 0 Å². The summed E-state index contributed by atoms with van der Waals surface area (Å²) in [4.78, 5) is 0. The van der Waals surface area contributed by atoms with Crippen LogP contribution in [0.2, 0.25) is 0 Å². The monoisotopic (exact) mass is 235 g/mol. The summed E-state index contributed by atoms with van der Waals surface area (Å²) in [5.74, 6) is 1.59. The van der Waals surface area contributed by atoms with Crippen molar-refractivity contribution >= 4 is 0 Å². The number of rotatable bonds is 6. The molecule has 1 aromatic rings. The van der Waals surface area contributed by atoms with Crippen LogP contribution in [0.15, 0.2) is 18.2 Å². The fourth-order valence-electron chi connectivity index (χ4n) is 2.46. The van der Waals surface area contributed by atoms with Crippen molar-refractivity contribution in [2.45, 2.75) is 18.8 Å². The normalized spacial score (nSPS) is 18.1. The molecule has 1 N–H and O–H groups in total. The molecule has 3 heteroatoms. The van der Waals surface area contributed by atoms with E-state index in [0.29, 0.717) is 5.92 Å². The van der Waals surface area contributed by atoms with Gasteiger partial charge in [-0.15, -0.1) is 0 Å². The summed E-state index contributed by atoms with van der Waals surface area (Å²) in [6.45, 7) is 2.73. The van der Waals surface area contributed by atoms with E-state index in [2.05, 4.69) is 23.5 Å². The van der Waals surface area contributed by atoms with Gasteiger partial charge in [-0.3, -0.25) is 0 Å². The first-order chi connectivity index (χ1) is 8.35. The lowest BCUT2D eigenvalue weighted by molar-refractivity contribution is 0.199. The Morgan fingerprint density at radius 2 is 2.24 bits per heavy atom. The first kappa shape index (κ1) is 12.4. The van der Waals surface area contributed by atoms with Crippen LogP contribution < -0.4 is 10.1 Å². The summed E-state index contributed by atoms with van der Waals surface area (Å²) >= 11 is 0. The van der Waals surface area contributed by atoms with E-state index in [1.165, 1.54) is 24.0 Å². The van der Waals surface area contributed by atoms with Gasteiger partial charge in [-0.1, -0.05) is 6.07 Å². The van der Waals surface area contributed by atoms with Crippen molar-refractivity contribution in [3.8, 4) is 5.75 Å². The SMILES string of the molecule is COCCNCC1CCc2ccc(OC)cc21. The summed E-state index contributed by atoms with van der Waals surface area (Å²) in [6.07, 6.45) is 2.43. The van der Waals surface area contributed by atoms with E-state index in [-0.39, 0.29) is 0 Å². The first-order valence-corrected chi connectivity index (χ1v) is 6.21. The Morgan fingerprint density at radius 3 is 3.00 bits per heavy atom. The van der Waals surface area contributed by atoms with Crippen molar-refractivity contribution in [2.75, 3.05) is 33.9 Å². The Hall–Kier alpha value is -1.06. The maximum Gasteiger partial charge on any atom is 0.119 e. The Bertz CT molecular complexity index is 365. The molecule has 1 aromatic carbocycles. The fraction of sp³-hybridized carbons (Fsp3) is 0.571. The summed E-state index contributed by atoms with van der Waals surface area (Å²) in [6, 6.07) is 6.44. The molecule has 0 heterocycles. The smallest absolute Gasteiger partial charge is 0.119 e. The molecule has 0 saturated heterocycles. The highest BCUT2D eigenvalue weighted by Crippen LogP contribution is 2.34. The van der Waals surface area contributed by atoms with E-state index in [1.54, 1.807) is 14.2 Å². The van der Waals surface area contributed by atoms with Crippen LogP contribution in [0.4, 0.5) is 0 Å².